The summed E-state index contributed by atoms with van der Waals surface area (Å²) in [6.07, 6.45) is 6.89. The molecule has 6 heteroatoms. The van der Waals surface area contributed by atoms with Gasteiger partial charge in [-0.25, -0.2) is 0 Å². The van der Waals surface area contributed by atoms with Gasteiger partial charge in [-0.2, -0.15) is 4.98 Å². The summed E-state index contributed by atoms with van der Waals surface area (Å²) in [5.41, 5.74) is 0. The van der Waals surface area contributed by atoms with E-state index in [1.54, 1.807) is 0 Å². The predicted molar refractivity (Wildman–Crippen MR) is 73.6 cm³/mol. The fraction of sp³-hybridized carbons (Fsp3) is 0.800. The highest BCUT2D eigenvalue weighted by atomic mass is 16.5. The highest BCUT2D eigenvalue weighted by Crippen LogP contribution is 2.40. The van der Waals surface area contributed by atoms with E-state index in [1.165, 1.54) is 0 Å². The molecule has 0 bridgehead atoms. The van der Waals surface area contributed by atoms with Gasteiger partial charge in [-0.3, -0.25) is 4.79 Å². The zero-order valence-corrected chi connectivity index (χ0v) is 12.2. The molecule has 4 rings (SSSR count). The van der Waals surface area contributed by atoms with Crippen molar-refractivity contribution in [1.29, 1.82) is 0 Å². The molecule has 2 saturated heterocycles. The maximum absolute atomic E-state index is 12.5. The first-order valence-electron chi connectivity index (χ1n) is 8.06. The molecule has 6 nitrogen and oxygen atoms in total. The van der Waals surface area contributed by atoms with Gasteiger partial charge in [-0.05, 0) is 38.5 Å². The molecule has 3 fully saturated rings. The van der Waals surface area contributed by atoms with E-state index >= 15 is 0 Å². The molecule has 2 atom stereocenters. The fourth-order valence-corrected chi connectivity index (χ4v) is 3.33. The Morgan fingerprint density at radius 1 is 1.24 bits per heavy atom. The van der Waals surface area contributed by atoms with Crippen molar-refractivity contribution in [2.45, 2.75) is 63.0 Å². The lowest BCUT2D eigenvalue weighted by atomic mass is 10.1. The number of aromatic nitrogens is 2. The van der Waals surface area contributed by atoms with Crippen LogP contribution in [-0.4, -0.2) is 40.2 Å². The maximum Gasteiger partial charge on any atom is 0.229 e. The topological polar surface area (TPSA) is 68.5 Å². The van der Waals surface area contributed by atoms with E-state index in [1.807, 2.05) is 4.90 Å². The van der Waals surface area contributed by atoms with Crippen LogP contribution in [-0.2, 0) is 9.53 Å². The van der Waals surface area contributed by atoms with Gasteiger partial charge >= 0.3 is 0 Å². The number of likely N-dealkylation sites (tertiary alicyclic amines) is 1. The molecule has 0 aromatic carbocycles. The van der Waals surface area contributed by atoms with Crippen LogP contribution < -0.4 is 0 Å². The molecule has 0 radical (unpaired) electrons. The van der Waals surface area contributed by atoms with Crippen LogP contribution in [0, 0.1) is 0 Å². The van der Waals surface area contributed by atoms with Crippen LogP contribution >= 0.6 is 0 Å². The Morgan fingerprint density at radius 3 is 2.90 bits per heavy atom. The van der Waals surface area contributed by atoms with E-state index < -0.39 is 0 Å². The zero-order valence-electron chi connectivity index (χ0n) is 12.2. The smallest absolute Gasteiger partial charge is 0.229 e. The summed E-state index contributed by atoms with van der Waals surface area (Å²) in [5.74, 6) is 2.07. The van der Waals surface area contributed by atoms with Crippen molar-refractivity contribution in [1.82, 2.24) is 15.0 Å². The molecule has 2 aliphatic heterocycles. The number of carbonyl (C=O) groups is 1. The van der Waals surface area contributed by atoms with Gasteiger partial charge in [0.05, 0.1) is 18.6 Å². The van der Waals surface area contributed by atoms with Crippen LogP contribution in [0.5, 0.6) is 0 Å². The average molecular weight is 291 g/mol. The van der Waals surface area contributed by atoms with E-state index in [9.17, 15) is 4.79 Å². The number of carbonyl (C=O) groups excluding carboxylic acids is 1. The third-order valence-corrected chi connectivity index (χ3v) is 4.68. The number of nitrogens with zero attached hydrogens (tertiary/aromatic N) is 3. The van der Waals surface area contributed by atoms with E-state index in [0.29, 0.717) is 18.2 Å². The Kier molecular flexibility index (Phi) is 3.41. The van der Waals surface area contributed by atoms with Crippen LogP contribution in [0.1, 0.15) is 68.6 Å². The second-order valence-corrected chi connectivity index (χ2v) is 6.35. The zero-order chi connectivity index (χ0) is 14.2. The molecule has 0 N–H and O–H groups in total. The summed E-state index contributed by atoms with van der Waals surface area (Å²) in [6, 6.07) is -0.00449. The summed E-state index contributed by atoms with van der Waals surface area (Å²) >= 11 is 0. The average Bonchev–Trinajstić information content (AvgIpc) is 2.94. The van der Waals surface area contributed by atoms with E-state index in [4.69, 9.17) is 9.26 Å². The van der Waals surface area contributed by atoms with Gasteiger partial charge in [0.1, 0.15) is 0 Å². The summed E-state index contributed by atoms with van der Waals surface area (Å²) in [6.45, 7) is 1.58. The predicted octanol–water partition coefficient (Wildman–Crippen LogP) is 2.18. The number of ether oxygens (including phenoxy) is 1. The van der Waals surface area contributed by atoms with E-state index in [2.05, 4.69) is 10.1 Å². The van der Waals surface area contributed by atoms with Crippen LogP contribution in [0.15, 0.2) is 4.52 Å². The molecule has 21 heavy (non-hydrogen) atoms. The Balaban J connectivity index is 1.44. The second-order valence-electron chi connectivity index (χ2n) is 6.35. The monoisotopic (exact) mass is 291 g/mol. The molecule has 1 saturated carbocycles. The lowest BCUT2D eigenvalue weighted by molar-refractivity contribution is -0.134. The van der Waals surface area contributed by atoms with Crippen LogP contribution in [0.25, 0.3) is 0 Å². The molecule has 1 amide bonds. The van der Waals surface area contributed by atoms with Gasteiger partial charge < -0.3 is 14.2 Å². The second kappa shape index (κ2) is 5.40. The van der Waals surface area contributed by atoms with E-state index in [0.717, 1.165) is 57.6 Å². The molecule has 0 spiro atoms. The van der Waals surface area contributed by atoms with Crippen molar-refractivity contribution in [2.75, 3.05) is 13.2 Å². The van der Waals surface area contributed by atoms with Crippen molar-refractivity contribution >= 4 is 5.91 Å². The molecule has 3 aliphatic rings. The first-order chi connectivity index (χ1) is 10.3. The fourth-order valence-electron chi connectivity index (χ4n) is 3.33. The van der Waals surface area contributed by atoms with Gasteiger partial charge in [0.15, 0.2) is 5.82 Å². The van der Waals surface area contributed by atoms with Crippen molar-refractivity contribution in [3.63, 3.8) is 0 Å². The van der Waals surface area contributed by atoms with Crippen LogP contribution in [0.2, 0.25) is 0 Å². The minimum Gasteiger partial charge on any atom is -0.378 e. The molecular formula is C15H21N3O3. The minimum atomic E-state index is -0.00449. The van der Waals surface area contributed by atoms with Gasteiger partial charge in [0.25, 0.3) is 0 Å². The number of amides is 1. The van der Waals surface area contributed by atoms with Crippen LogP contribution in [0.4, 0.5) is 0 Å². The molecule has 3 heterocycles. The van der Waals surface area contributed by atoms with Crippen molar-refractivity contribution in [3.05, 3.63) is 11.7 Å². The van der Waals surface area contributed by atoms with Gasteiger partial charge in [-0.15, -0.1) is 0 Å². The van der Waals surface area contributed by atoms with Crippen molar-refractivity contribution in [3.8, 4) is 0 Å². The highest BCUT2D eigenvalue weighted by Gasteiger charge is 2.36. The van der Waals surface area contributed by atoms with Crippen molar-refractivity contribution < 1.29 is 14.1 Å². The molecule has 2 unspecified atom stereocenters. The number of hydrogen-bond donors (Lipinski definition) is 0. The number of rotatable bonds is 4. The SMILES string of the molecule is O=C(CC1CCCO1)N1CCCC1c1noc(C2CC2)n1. The summed E-state index contributed by atoms with van der Waals surface area (Å²) < 4.78 is 10.9. The lowest BCUT2D eigenvalue weighted by Gasteiger charge is -2.23. The highest BCUT2D eigenvalue weighted by molar-refractivity contribution is 5.77. The minimum absolute atomic E-state index is 0.00449. The standard InChI is InChI=1S/C15H21N3O3/c19-13(9-11-3-2-8-20-11)18-7-1-4-12(18)14-16-15(21-17-14)10-5-6-10/h10-12H,1-9H2. The molecular weight excluding hydrogens is 270 g/mol. The van der Waals surface area contributed by atoms with E-state index in [-0.39, 0.29) is 18.1 Å². The summed E-state index contributed by atoms with van der Waals surface area (Å²) in [7, 11) is 0. The van der Waals surface area contributed by atoms with Crippen LogP contribution in [0.3, 0.4) is 0 Å². The number of hydrogen-bond acceptors (Lipinski definition) is 5. The normalized spacial score (nSPS) is 29.2. The quantitative estimate of drug-likeness (QED) is 0.850. The van der Waals surface area contributed by atoms with Crippen molar-refractivity contribution in [2.24, 2.45) is 0 Å². The Hall–Kier alpha value is -1.43. The lowest BCUT2D eigenvalue weighted by Crippen LogP contribution is -2.33. The molecule has 1 aromatic heterocycles. The summed E-state index contributed by atoms with van der Waals surface area (Å²) in [4.78, 5) is 18.9. The molecule has 1 aliphatic carbocycles. The maximum atomic E-state index is 12.5. The first kappa shape index (κ1) is 13.2. The third-order valence-electron chi connectivity index (χ3n) is 4.68. The molecule has 1 aromatic rings. The Bertz CT molecular complexity index is 520. The molecule has 114 valence electrons. The van der Waals surface area contributed by atoms with Gasteiger partial charge in [0.2, 0.25) is 11.8 Å². The van der Waals surface area contributed by atoms with Gasteiger partial charge in [-0.1, -0.05) is 5.16 Å². The Labute approximate surface area is 123 Å². The largest absolute Gasteiger partial charge is 0.378 e. The third kappa shape index (κ3) is 2.69. The summed E-state index contributed by atoms with van der Waals surface area (Å²) in [5, 5.41) is 4.11. The Morgan fingerprint density at radius 2 is 2.14 bits per heavy atom. The van der Waals surface area contributed by atoms with Gasteiger partial charge in [0, 0.05) is 19.1 Å². The first-order valence-corrected chi connectivity index (χ1v) is 8.06.